The molecule has 0 saturated heterocycles. The third kappa shape index (κ3) is 5.30. The van der Waals surface area contributed by atoms with Crippen LogP contribution in [0.5, 0.6) is 5.75 Å². The standard InChI is InChI=1S/C20H26N2O4S/c1-6-26-19-10-9-17(12-15(19)4)27(24,25)22-16(5)20(23)21-18-11-13(2)7-8-14(18)3/h7-12,16,22H,6H2,1-5H3,(H,21,23)/t16-/m0/s1. The van der Waals surface area contributed by atoms with Gasteiger partial charge in [-0.2, -0.15) is 4.72 Å². The molecule has 0 unspecified atom stereocenters. The number of anilines is 1. The van der Waals surface area contributed by atoms with Gasteiger partial charge in [0.2, 0.25) is 15.9 Å². The molecule has 2 aromatic rings. The van der Waals surface area contributed by atoms with Gasteiger partial charge in [0.15, 0.2) is 0 Å². The molecular weight excluding hydrogens is 364 g/mol. The van der Waals surface area contributed by atoms with Crippen LogP contribution in [0.1, 0.15) is 30.5 Å². The zero-order valence-corrected chi connectivity index (χ0v) is 17.1. The molecule has 0 saturated carbocycles. The normalized spacial score (nSPS) is 12.5. The van der Waals surface area contributed by atoms with Crippen molar-refractivity contribution in [1.82, 2.24) is 4.72 Å². The maximum absolute atomic E-state index is 12.6. The number of sulfonamides is 1. The highest BCUT2D eigenvalue weighted by Crippen LogP contribution is 2.22. The molecule has 1 amide bonds. The van der Waals surface area contributed by atoms with Gasteiger partial charge in [0.25, 0.3) is 0 Å². The van der Waals surface area contributed by atoms with Crippen molar-refractivity contribution in [2.45, 2.75) is 45.6 Å². The van der Waals surface area contributed by atoms with Crippen molar-refractivity contribution in [3.05, 3.63) is 53.1 Å². The van der Waals surface area contributed by atoms with Crippen molar-refractivity contribution in [2.75, 3.05) is 11.9 Å². The second kappa shape index (κ2) is 8.54. The average Bonchev–Trinajstić information content (AvgIpc) is 2.59. The van der Waals surface area contributed by atoms with E-state index >= 15 is 0 Å². The lowest BCUT2D eigenvalue weighted by Crippen LogP contribution is -2.41. The first-order valence-corrected chi connectivity index (χ1v) is 10.3. The van der Waals surface area contributed by atoms with Gasteiger partial charge >= 0.3 is 0 Å². The highest BCUT2D eigenvalue weighted by molar-refractivity contribution is 7.89. The number of nitrogens with one attached hydrogen (secondary N) is 2. The molecule has 2 aromatic carbocycles. The van der Waals surface area contributed by atoms with Crippen molar-refractivity contribution in [2.24, 2.45) is 0 Å². The molecule has 0 heterocycles. The topological polar surface area (TPSA) is 84.5 Å². The predicted octanol–water partition coefficient (Wildman–Crippen LogP) is 3.32. The van der Waals surface area contributed by atoms with Crippen LogP contribution >= 0.6 is 0 Å². The minimum absolute atomic E-state index is 0.0924. The summed E-state index contributed by atoms with van der Waals surface area (Å²) in [6.07, 6.45) is 0. The van der Waals surface area contributed by atoms with E-state index in [1.165, 1.54) is 19.1 Å². The molecule has 0 radical (unpaired) electrons. The fraction of sp³-hybridized carbons (Fsp3) is 0.350. The van der Waals surface area contributed by atoms with E-state index in [4.69, 9.17) is 4.74 Å². The summed E-state index contributed by atoms with van der Waals surface area (Å²) in [5.41, 5.74) is 3.30. The molecule has 0 fully saturated rings. The maximum Gasteiger partial charge on any atom is 0.242 e. The Kier molecular flexibility index (Phi) is 6.62. The summed E-state index contributed by atoms with van der Waals surface area (Å²) in [6, 6.07) is 9.40. The number of carbonyl (C=O) groups excluding carboxylic acids is 1. The van der Waals surface area contributed by atoms with Crippen LogP contribution in [0.4, 0.5) is 5.69 Å². The minimum Gasteiger partial charge on any atom is -0.494 e. The molecule has 2 N–H and O–H groups in total. The van der Waals surface area contributed by atoms with Crippen LogP contribution in [0.2, 0.25) is 0 Å². The number of rotatable bonds is 7. The molecule has 0 aromatic heterocycles. The first kappa shape index (κ1) is 20.9. The highest BCUT2D eigenvalue weighted by Gasteiger charge is 2.23. The smallest absolute Gasteiger partial charge is 0.242 e. The van der Waals surface area contributed by atoms with E-state index < -0.39 is 22.0 Å². The van der Waals surface area contributed by atoms with Gasteiger partial charge in [-0.15, -0.1) is 0 Å². The zero-order valence-electron chi connectivity index (χ0n) is 16.3. The molecule has 7 heteroatoms. The summed E-state index contributed by atoms with van der Waals surface area (Å²) in [5, 5.41) is 2.78. The van der Waals surface area contributed by atoms with Gasteiger partial charge in [0.1, 0.15) is 5.75 Å². The van der Waals surface area contributed by atoms with Gasteiger partial charge in [-0.1, -0.05) is 12.1 Å². The van der Waals surface area contributed by atoms with Crippen LogP contribution in [0.3, 0.4) is 0 Å². The third-order valence-corrected chi connectivity index (χ3v) is 5.67. The molecule has 0 bridgehead atoms. The van der Waals surface area contributed by atoms with Crippen LogP contribution in [-0.2, 0) is 14.8 Å². The van der Waals surface area contributed by atoms with Gasteiger partial charge in [-0.05, 0) is 75.6 Å². The van der Waals surface area contributed by atoms with Crippen LogP contribution in [0, 0.1) is 20.8 Å². The number of carbonyl (C=O) groups is 1. The van der Waals surface area contributed by atoms with Gasteiger partial charge < -0.3 is 10.1 Å². The van der Waals surface area contributed by atoms with E-state index in [1.807, 2.05) is 39.0 Å². The van der Waals surface area contributed by atoms with Crippen molar-refractivity contribution < 1.29 is 17.9 Å². The zero-order chi connectivity index (χ0) is 20.2. The lowest BCUT2D eigenvalue weighted by atomic mass is 10.1. The summed E-state index contributed by atoms with van der Waals surface area (Å²) >= 11 is 0. The van der Waals surface area contributed by atoms with Gasteiger partial charge in [-0.3, -0.25) is 4.79 Å². The Morgan fingerprint density at radius 3 is 2.41 bits per heavy atom. The second-order valence-corrected chi connectivity index (χ2v) is 8.22. The summed E-state index contributed by atoms with van der Waals surface area (Å²) in [7, 11) is -3.84. The quantitative estimate of drug-likeness (QED) is 0.760. The molecule has 146 valence electrons. The Morgan fingerprint density at radius 1 is 1.07 bits per heavy atom. The van der Waals surface area contributed by atoms with Crippen molar-refractivity contribution in [3.63, 3.8) is 0 Å². The Labute approximate surface area is 161 Å². The fourth-order valence-electron chi connectivity index (χ4n) is 2.57. The van der Waals surface area contributed by atoms with Gasteiger partial charge in [0, 0.05) is 5.69 Å². The van der Waals surface area contributed by atoms with Gasteiger partial charge in [0.05, 0.1) is 17.5 Å². The van der Waals surface area contributed by atoms with E-state index in [-0.39, 0.29) is 4.90 Å². The first-order chi connectivity index (χ1) is 12.6. The molecule has 27 heavy (non-hydrogen) atoms. The maximum atomic E-state index is 12.6. The van der Waals surface area contributed by atoms with Crippen molar-refractivity contribution >= 4 is 21.6 Å². The Bertz CT molecular complexity index is 939. The fourth-order valence-corrected chi connectivity index (χ4v) is 3.86. The minimum atomic E-state index is -3.84. The largest absolute Gasteiger partial charge is 0.494 e. The molecule has 0 aliphatic heterocycles. The Morgan fingerprint density at radius 2 is 1.78 bits per heavy atom. The van der Waals surface area contributed by atoms with Crippen LogP contribution < -0.4 is 14.8 Å². The first-order valence-electron chi connectivity index (χ1n) is 8.78. The van der Waals surface area contributed by atoms with Crippen molar-refractivity contribution in [1.29, 1.82) is 0 Å². The Balaban J connectivity index is 2.13. The molecule has 2 rings (SSSR count). The summed E-state index contributed by atoms with van der Waals surface area (Å²) in [6.45, 7) is 9.46. The van der Waals surface area contributed by atoms with Crippen LogP contribution in [0.25, 0.3) is 0 Å². The number of hydrogen-bond acceptors (Lipinski definition) is 4. The highest BCUT2D eigenvalue weighted by atomic mass is 32.2. The molecule has 0 aliphatic rings. The number of hydrogen-bond donors (Lipinski definition) is 2. The lowest BCUT2D eigenvalue weighted by molar-refractivity contribution is -0.117. The van der Waals surface area contributed by atoms with Crippen LogP contribution in [-0.4, -0.2) is 27.0 Å². The van der Waals surface area contributed by atoms with E-state index in [0.29, 0.717) is 23.6 Å². The molecule has 0 spiro atoms. The van der Waals surface area contributed by atoms with Crippen molar-refractivity contribution in [3.8, 4) is 5.75 Å². The molecule has 0 aliphatic carbocycles. The molecule has 1 atom stereocenters. The number of aryl methyl sites for hydroxylation is 3. The SMILES string of the molecule is CCOc1ccc(S(=O)(=O)N[C@@H](C)C(=O)Nc2cc(C)ccc2C)cc1C. The van der Waals surface area contributed by atoms with E-state index in [0.717, 1.165) is 11.1 Å². The number of benzene rings is 2. The lowest BCUT2D eigenvalue weighted by Gasteiger charge is -2.16. The Hall–Kier alpha value is -2.38. The molecular formula is C20H26N2O4S. The van der Waals surface area contributed by atoms with Crippen LogP contribution in [0.15, 0.2) is 41.3 Å². The summed E-state index contributed by atoms with van der Waals surface area (Å²) in [5.74, 6) is 0.215. The van der Waals surface area contributed by atoms with E-state index in [2.05, 4.69) is 10.0 Å². The number of amides is 1. The van der Waals surface area contributed by atoms with E-state index in [1.54, 1.807) is 13.0 Å². The molecule has 6 nitrogen and oxygen atoms in total. The summed E-state index contributed by atoms with van der Waals surface area (Å²) in [4.78, 5) is 12.5. The summed E-state index contributed by atoms with van der Waals surface area (Å²) < 4.78 is 33.1. The number of ether oxygens (including phenoxy) is 1. The monoisotopic (exact) mass is 390 g/mol. The third-order valence-electron chi connectivity index (χ3n) is 4.13. The average molecular weight is 391 g/mol. The second-order valence-electron chi connectivity index (χ2n) is 6.51. The predicted molar refractivity (Wildman–Crippen MR) is 107 cm³/mol. The van der Waals surface area contributed by atoms with Gasteiger partial charge in [-0.25, -0.2) is 8.42 Å². The van der Waals surface area contributed by atoms with E-state index in [9.17, 15) is 13.2 Å².